The van der Waals surface area contributed by atoms with Crippen LogP contribution in [-0.2, 0) is 4.79 Å². The maximum Gasteiger partial charge on any atom is 0.242 e. The molecule has 2 heterocycles. The monoisotopic (exact) mass is 235 g/mol. The normalized spacial score (nSPS) is 19.1. The van der Waals surface area contributed by atoms with Crippen molar-refractivity contribution in [2.24, 2.45) is 5.73 Å². The Labute approximate surface area is 100 Å². The van der Waals surface area contributed by atoms with Crippen molar-refractivity contribution in [3.8, 4) is 0 Å². The molecule has 0 radical (unpaired) electrons. The molecule has 5 nitrogen and oxygen atoms in total. The Bertz CT molecular complexity index is 377. The quantitative estimate of drug-likeness (QED) is 0.776. The van der Waals surface area contributed by atoms with Crippen molar-refractivity contribution >= 4 is 5.91 Å². The molecule has 0 saturated carbocycles. The Kier molecular flexibility index (Phi) is 3.71. The van der Waals surface area contributed by atoms with Crippen LogP contribution in [0, 0.1) is 0 Å². The van der Waals surface area contributed by atoms with Gasteiger partial charge in [0, 0.05) is 25.5 Å². The number of aliphatic hydroxyl groups excluding tert-OH is 1. The number of hydrogen-bond acceptors (Lipinski definition) is 4. The molecule has 3 N–H and O–H groups in total. The molecule has 1 aliphatic heterocycles. The van der Waals surface area contributed by atoms with Gasteiger partial charge >= 0.3 is 0 Å². The van der Waals surface area contributed by atoms with Crippen LogP contribution in [0.25, 0.3) is 0 Å². The summed E-state index contributed by atoms with van der Waals surface area (Å²) in [5, 5.41) is 10.0. The molecule has 1 unspecified atom stereocenters. The largest absolute Gasteiger partial charge is 0.386 e. The summed E-state index contributed by atoms with van der Waals surface area (Å²) >= 11 is 0. The predicted molar refractivity (Wildman–Crippen MR) is 63.0 cm³/mol. The first kappa shape index (κ1) is 12.0. The van der Waals surface area contributed by atoms with Crippen molar-refractivity contribution < 1.29 is 9.90 Å². The summed E-state index contributed by atoms with van der Waals surface area (Å²) in [7, 11) is 0. The number of nitrogens with two attached hydrogens (primary N) is 1. The molecule has 1 aromatic rings. The van der Waals surface area contributed by atoms with E-state index in [1.807, 2.05) is 0 Å². The highest BCUT2D eigenvalue weighted by molar-refractivity contribution is 5.82. The van der Waals surface area contributed by atoms with Crippen LogP contribution in [0.4, 0.5) is 0 Å². The van der Waals surface area contributed by atoms with E-state index in [1.54, 1.807) is 29.4 Å². The summed E-state index contributed by atoms with van der Waals surface area (Å²) in [6, 6.07) is 2.44. The number of amides is 1. The van der Waals surface area contributed by atoms with E-state index in [9.17, 15) is 9.90 Å². The van der Waals surface area contributed by atoms with Crippen LogP contribution in [0.3, 0.4) is 0 Å². The Morgan fingerprint density at radius 2 is 1.94 bits per heavy atom. The van der Waals surface area contributed by atoms with Crippen LogP contribution >= 0.6 is 0 Å². The van der Waals surface area contributed by atoms with Crippen molar-refractivity contribution in [3.63, 3.8) is 0 Å². The second-order valence-corrected chi connectivity index (χ2v) is 4.28. The summed E-state index contributed by atoms with van der Waals surface area (Å²) in [5.74, 6) is -0.174. The molecule has 1 aliphatic rings. The zero-order valence-electron chi connectivity index (χ0n) is 9.62. The van der Waals surface area contributed by atoms with Crippen LogP contribution in [0.1, 0.15) is 24.5 Å². The van der Waals surface area contributed by atoms with Crippen molar-refractivity contribution in [2.45, 2.75) is 25.0 Å². The van der Waals surface area contributed by atoms with Crippen LogP contribution in [0.2, 0.25) is 0 Å². The lowest BCUT2D eigenvalue weighted by atomic mass is 10.0. The summed E-state index contributed by atoms with van der Waals surface area (Å²) in [6.45, 7) is 1.49. The topological polar surface area (TPSA) is 79.5 Å². The molecule has 0 spiro atoms. The molecule has 0 aliphatic carbocycles. The highest BCUT2D eigenvalue weighted by Crippen LogP contribution is 2.18. The fourth-order valence-corrected chi connectivity index (χ4v) is 2.05. The third-order valence-electron chi connectivity index (χ3n) is 3.09. The highest BCUT2D eigenvalue weighted by atomic mass is 16.3. The first-order chi connectivity index (χ1) is 8.20. The highest BCUT2D eigenvalue weighted by Gasteiger charge is 2.29. The Hall–Kier alpha value is -1.46. The van der Waals surface area contributed by atoms with Gasteiger partial charge in [0.05, 0.1) is 0 Å². The number of hydrogen-bond donors (Lipinski definition) is 2. The van der Waals surface area contributed by atoms with E-state index in [2.05, 4.69) is 4.98 Å². The van der Waals surface area contributed by atoms with Crippen LogP contribution in [-0.4, -0.2) is 40.0 Å². The molecule has 1 fully saturated rings. The maximum atomic E-state index is 12.0. The predicted octanol–water partition coefficient (Wildman–Crippen LogP) is 0.0647. The Morgan fingerprint density at radius 1 is 1.35 bits per heavy atom. The molecule has 1 saturated heterocycles. The average Bonchev–Trinajstić information content (AvgIpc) is 2.91. The summed E-state index contributed by atoms with van der Waals surface area (Å²) in [4.78, 5) is 17.6. The van der Waals surface area contributed by atoms with E-state index in [4.69, 9.17) is 5.73 Å². The first-order valence-electron chi connectivity index (χ1n) is 5.82. The SMILES string of the molecule is NC(C(=O)N1CCCC1)[C@@H](O)c1ccncc1. The van der Waals surface area contributed by atoms with Crippen LogP contribution < -0.4 is 5.73 Å². The number of rotatable bonds is 3. The lowest BCUT2D eigenvalue weighted by Crippen LogP contribution is -2.45. The fourth-order valence-electron chi connectivity index (χ4n) is 2.05. The molecule has 5 heteroatoms. The van der Waals surface area contributed by atoms with Crippen molar-refractivity contribution in [3.05, 3.63) is 30.1 Å². The fraction of sp³-hybridized carbons (Fsp3) is 0.500. The second kappa shape index (κ2) is 5.25. The molecule has 0 aromatic carbocycles. The van der Waals surface area contributed by atoms with E-state index in [1.165, 1.54) is 0 Å². The van der Waals surface area contributed by atoms with Gasteiger partial charge in [0.2, 0.25) is 5.91 Å². The van der Waals surface area contributed by atoms with Gasteiger partial charge < -0.3 is 15.7 Å². The number of aromatic nitrogens is 1. The van der Waals surface area contributed by atoms with Gasteiger partial charge in [-0.3, -0.25) is 9.78 Å². The molecule has 2 rings (SSSR count). The van der Waals surface area contributed by atoms with Crippen LogP contribution in [0.5, 0.6) is 0 Å². The molecule has 2 atom stereocenters. The lowest BCUT2D eigenvalue weighted by molar-refractivity contribution is -0.134. The number of nitrogens with zero attached hydrogens (tertiary/aromatic N) is 2. The molecule has 92 valence electrons. The van der Waals surface area contributed by atoms with Crippen molar-refractivity contribution in [1.82, 2.24) is 9.88 Å². The van der Waals surface area contributed by atoms with E-state index in [0.717, 1.165) is 25.9 Å². The Morgan fingerprint density at radius 3 is 2.53 bits per heavy atom. The van der Waals surface area contributed by atoms with Crippen LogP contribution in [0.15, 0.2) is 24.5 Å². The number of pyridine rings is 1. The third-order valence-corrected chi connectivity index (χ3v) is 3.09. The summed E-state index contributed by atoms with van der Waals surface area (Å²) in [5.41, 5.74) is 6.44. The summed E-state index contributed by atoms with van der Waals surface area (Å²) in [6.07, 6.45) is 4.22. The zero-order chi connectivity index (χ0) is 12.3. The Balaban J connectivity index is 2.04. The summed E-state index contributed by atoms with van der Waals surface area (Å²) < 4.78 is 0. The van der Waals surface area contributed by atoms with Gasteiger partial charge in [-0.05, 0) is 30.5 Å². The second-order valence-electron chi connectivity index (χ2n) is 4.28. The average molecular weight is 235 g/mol. The first-order valence-corrected chi connectivity index (χ1v) is 5.82. The van der Waals surface area contributed by atoms with E-state index >= 15 is 0 Å². The smallest absolute Gasteiger partial charge is 0.242 e. The molecule has 0 bridgehead atoms. The third kappa shape index (κ3) is 2.62. The standard InChI is InChI=1S/C12H17N3O2/c13-10(12(17)15-7-1-2-8-15)11(16)9-3-5-14-6-4-9/h3-6,10-11,16H,1-2,7-8,13H2/t10?,11-/m0/s1. The van der Waals surface area contributed by atoms with E-state index < -0.39 is 12.1 Å². The molecular formula is C12H17N3O2. The van der Waals surface area contributed by atoms with Gasteiger partial charge in [0.15, 0.2) is 0 Å². The minimum Gasteiger partial charge on any atom is -0.386 e. The van der Waals surface area contributed by atoms with Gasteiger partial charge in [-0.1, -0.05) is 0 Å². The van der Waals surface area contributed by atoms with Crippen molar-refractivity contribution in [2.75, 3.05) is 13.1 Å². The molecule has 1 amide bonds. The minimum absolute atomic E-state index is 0.174. The molecule has 1 aromatic heterocycles. The van der Waals surface area contributed by atoms with Crippen molar-refractivity contribution in [1.29, 1.82) is 0 Å². The van der Waals surface area contributed by atoms with E-state index in [0.29, 0.717) is 5.56 Å². The van der Waals surface area contributed by atoms with Gasteiger partial charge in [0.25, 0.3) is 0 Å². The van der Waals surface area contributed by atoms with Gasteiger partial charge in [-0.2, -0.15) is 0 Å². The van der Waals surface area contributed by atoms with Gasteiger partial charge in [-0.25, -0.2) is 0 Å². The van der Waals surface area contributed by atoms with Gasteiger partial charge in [0.1, 0.15) is 12.1 Å². The maximum absolute atomic E-state index is 12.0. The van der Waals surface area contributed by atoms with E-state index in [-0.39, 0.29) is 5.91 Å². The lowest BCUT2D eigenvalue weighted by Gasteiger charge is -2.23. The minimum atomic E-state index is -0.967. The molecular weight excluding hydrogens is 218 g/mol. The number of aliphatic hydroxyl groups is 1. The zero-order valence-corrected chi connectivity index (χ0v) is 9.62. The number of likely N-dealkylation sites (tertiary alicyclic amines) is 1. The molecule has 17 heavy (non-hydrogen) atoms. The number of carbonyl (C=O) groups is 1. The number of carbonyl (C=O) groups excluding carboxylic acids is 1. The van der Waals surface area contributed by atoms with Gasteiger partial charge in [-0.15, -0.1) is 0 Å².